The van der Waals surface area contributed by atoms with Crippen LogP contribution in [0.3, 0.4) is 0 Å². The molecule has 5 saturated carbocycles. The van der Waals surface area contributed by atoms with Crippen molar-refractivity contribution in [2.24, 2.45) is 39.9 Å². The normalized spacial score (nSPS) is 46.3. The molecule has 5 aliphatic rings. The van der Waals surface area contributed by atoms with Gasteiger partial charge in [0.25, 0.3) is 0 Å². The van der Waals surface area contributed by atoms with Gasteiger partial charge in [-0.2, -0.15) is 0 Å². The van der Waals surface area contributed by atoms with Crippen molar-refractivity contribution in [1.29, 1.82) is 0 Å². The van der Waals surface area contributed by atoms with Crippen LogP contribution in [0.5, 0.6) is 0 Å². The molecule has 0 aromatic carbocycles. The van der Waals surface area contributed by atoms with Gasteiger partial charge in [0.1, 0.15) is 6.61 Å². The second-order valence-corrected chi connectivity index (χ2v) is 10.5. The Hall–Kier alpha value is -1.45. The Balaban J connectivity index is 1.91. The van der Waals surface area contributed by atoms with Crippen LogP contribution in [-0.4, -0.2) is 24.1 Å². The fourth-order valence-electron chi connectivity index (χ4n) is 8.38. The van der Waals surface area contributed by atoms with Gasteiger partial charge in [-0.3, -0.25) is 14.4 Å². The fourth-order valence-corrected chi connectivity index (χ4v) is 8.38. The van der Waals surface area contributed by atoms with Crippen LogP contribution in [0.1, 0.15) is 79.1 Å². The number of carbonyl (C=O) groups is 3. The zero-order chi connectivity index (χ0) is 21.2. The first-order valence-corrected chi connectivity index (χ1v) is 11.6. The summed E-state index contributed by atoms with van der Waals surface area (Å²) in [7, 11) is 0. The number of esters is 1. The summed E-state index contributed by atoms with van der Waals surface area (Å²) in [5.74, 6) is -0.133. The highest BCUT2D eigenvalue weighted by molar-refractivity contribution is 6.17. The number of hydrogen-bond donors (Lipinski definition) is 0. The number of ketones is 2. The maximum absolute atomic E-state index is 14.2. The highest BCUT2D eigenvalue weighted by Gasteiger charge is 2.73. The lowest BCUT2D eigenvalue weighted by molar-refractivity contribution is -0.208. The lowest BCUT2D eigenvalue weighted by Gasteiger charge is -2.69. The van der Waals surface area contributed by atoms with Crippen molar-refractivity contribution in [3.05, 3.63) is 12.2 Å². The minimum atomic E-state index is -0.921. The third-order valence-corrected chi connectivity index (χ3v) is 9.76. The van der Waals surface area contributed by atoms with Gasteiger partial charge in [0, 0.05) is 6.92 Å². The van der Waals surface area contributed by atoms with E-state index >= 15 is 0 Å². The molecule has 0 amide bonds. The van der Waals surface area contributed by atoms with Gasteiger partial charge < -0.3 is 4.74 Å². The van der Waals surface area contributed by atoms with Gasteiger partial charge in [0.15, 0.2) is 11.6 Å². The number of Topliss-reactive ketones (excluding diaryl/α,β-unsaturated/α-hetero) is 2. The highest BCUT2D eigenvalue weighted by Crippen LogP contribution is 2.72. The van der Waals surface area contributed by atoms with E-state index in [1.165, 1.54) is 6.92 Å². The number of rotatable bonds is 4. The van der Waals surface area contributed by atoms with Gasteiger partial charge >= 0.3 is 5.97 Å². The average molecular weight is 401 g/mol. The Labute approximate surface area is 174 Å². The van der Waals surface area contributed by atoms with Crippen molar-refractivity contribution in [2.75, 3.05) is 6.61 Å². The summed E-state index contributed by atoms with van der Waals surface area (Å²) >= 11 is 0. The number of carbonyl (C=O) groups excluding carboxylic acids is 3. The number of hydrogen-bond acceptors (Lipinski definition) is 4. The monoisotopic (exact) mass is 400 g/mol. The van der Waals surface area contributed by atoms with Gasteiger partial charge in [-0.1, -0.05) is 40.2 Å². The predicted molar refractivity (Wildman–Crippen MR) is 111 cm³/mol. The molecule has 5 fully saturated rings. The number of ether oxygens (including phenoxy) is 1. The molecule has 1 spiro atoms. The van der Waals surface area contributed by atoms with Crippen LogP contribution in [0.15, 0.2) is 12.2 Å². The molecule has 0 radical (unpaired) electrons. The van der Waals surface area contributed by atoms with E-state index in [-0.39, 0.29) is 58.6 Å². The molecule has 0 N–H and O–H groups in total. The summed E-state index contributed by atoms with van der Waals surface area (Å²) in [5.41, 5.74) is -0.246. The topological polar surface area (TPSA) is 60.4 Å². The molecule has 0 aromatic heterocycles. The zero-order valence-electron chi connectivity index (χ0n) is 18.5. The predicted octanol–water partition coefficient (Wildman–Crippen LogP) is 4.90. The van der Waals surface area contributed by atoms with E-state index in [0.717, 1.165) is 44.9 Å². The molecule has 0 aromatic rings. The maximum atomic E-state index is 14.2. The van der Waals surface area contributed by atoms with Crippen LogP contribution in [0, 0.1) is 39.9 Å². The van der Waals surface area contributed by atoms with Crippen LogP contribution >= 0.6 is 0 Å². The van der Waals surface area contributed by atoms with Crippen molar-refractivity contribution >= 4 is 17.5 Å². The van der Waals surface area contributed by atoms with Crippen LogP contribution in [-0.2, 0) is 19.1 Å². The summed E-state index contributed by atoms with van der Waals surface area (Å²) in [5, 5.41) is 0. The third-order valence-electron chi connectivity index (χ3n) is 9.76. The smallest absolute Gasteiger partial charge is 0.302 e. The van der Waals surface area contributed by atoms with E-state index in [0.29, 0.717) is 12.0 Å². The molecular formula is C25H36O4. The summed E-state index contributed by atoms with van der Waals surface area (Å²) in [6.45, 7) is 12.4. The van der Waals surface area contributed by atoms with E-state index in [1.807, 2.05) is 0 Å². The quantitative estimate of drug-likeness (QED) is 0.382. The molecule has 2 bridgehead atoms. The van der Waals surface area contributed by atoms with E-state index in [9.17, 15) is 14.4 Å². The van der Waals surface area contributed by atoms with Crippen molar-refractivity contribution in [1.82, 2.24) is 0 Å². The molecule has 7 atom stereocenters. The van der Waals surface area contributed by atoms with E-state index < -0.39 is 5.41 Å². The first-order valence-electron chi connectivity index (χ1n) is 11.6. The molecule has 3 unspecified atom stereocenters. The van der Waals surface area contributed by atoms with Crippen molar-refractivity contribution < 1.29 is 19.1 Å². The molecule has 5 rings (SSSR count). The first kappa shape index (κ1) is 20.8. The van der Waals surface area contributed by atoms with Gasteiger partial charge in [-0.25, -0.2) is 0 Å². The maximum Gasteiger partial charge on any atom is 0.302 e. The standard InChI is InChI=1S/C25H36O4/c1-6-23(5)10-8-11-24(7-2)19-13-17-9-12-25(19,21(27)15(17)3)22(28)18(20(23)24)14-29-16(4)26/h17-20H,3,6-14H2,1-2,4-5H3/t17-,18?,19?,20?,23+,24-,25-/m0/s1. The Morgan fingerprint density at radius 1 is 1.17 bits per heavy atom. The van der Waals surface area contributed by atoms with Gasteiger partial charge in [-0.05, 0) is 72.7 Å². The largest absolute Gasteiger partial charge is 0.465 e. The average Bonchev–Trinajstić information content (AvgIpc) is 2.71. The molecule has 0 aliphatic heterocycles. The minimum absolute atomic E-state index is 0.0119. The van der Waals surface area contributed by atoms with Gasteiger partial charge in [-0.15, -0.1) is 0 Å². The first-order chi connectivity index (χ1) is 13.7. The van der Waals surface area contributed by atoms with Crippen LogP contribution < -0.4 is 0 Å². The Bertz CT molecular complexity index is 769. The summed E-state index contributed by atoms with van der Waals surface area (Å²) in [4.78, 5) is 39.4. The van der Waals surface area contributed by atoms with Crippen LogP contribution in [0.25, 0.3) is 0 Å². The molecule has 4 nitrogen and oxygen atoms in total. The van der Waals surface area contributed by atoms with Gasteiger partial charge in [0.2, 0.25) is 0 Å². The summed E-state index contributed by atoms with van der Waals surface area (Å²) in [6.07, 6.45) is 7.80. The molecule has 160 valence electrons. The highest BCUT2D eigenvalue weighted by atomic mass is 16.5. The van der Waals surface area contributed by atoms with Crippen LogP contribution in [0.4, 0.5) is 0 Å². The summed E-state index contributed by atoms with van der Waals surface area (Å²) in [6, 6.07) is 0. The van der Waals surface area contributed by atoms with Crippen LogP contribution in [0.2, 0.25) is 0 Å². The molecule has 29 heavy (non-hydrogen) atoms. The van der Waals surface area contributed by atoms with Crippen molar-refractivity contribution in [3.8, 4) is 0 Å². The Kier molecular flexibility index (Phi) is 4.87. The lowest BCUT2D eigenvalue weighted by atomic mass is 9.33. The van der Waals surface area contributed by atoms with E-state index in [1.54, 1.807) is 0 Å². The van der Waals surface area contributed by atoms with Crippen molar-refractivity contribution in [3.63, 3.8) is 0 Å². The zero-order valence-corrected chi connectivity index (χ0v) is 18.5. The SMILES string of the molecule is C=C1C(=O)[C@]23CC[C@H]1CC2[C@]1(CC)CCC[C@@](C)(CC)C1C(COC(C)=O)C3=O. The molecular weight excluding hydrogens is 364 g/mol. The third kappa shape index (κ3) is 2.53. The number of fused-ring (bicyclic) bond motifs is 3. The molecule has 0 heterocycles. The van der Waals surface area contributed by atoms with E-state index in [4.69, 9.17) is 4.74 Å². The van der Waals surface area contributed by atoms with Crippen molar-refractivity contribution in [2.45, 2.75) is 79.1 Å². The molecule has 4 heteroatoms. The second kappa shape index (κ2) is 6.78. The van der Waals surface area contributed by atoms with E-state index in [2.05, 4.69) is 27.4 Å². The fraction of sp³-hybridized carbons (Fsp3) is 0.800. The Morgan fingerprint density at radius 3 is 2.52 bits per heavy atom. The van der Waals surface area contributed by atoms with Gasteiger partial charge in [0.05, 0.1) is 11.3 Å². The molecule has 5 aliphatic carbocycles. The number of allylic oxidation sites excluding steroid dienone is 1. The lowest BCUT2D eigenvalue weighted by Crippen LogP contribution is -2.70. The summed E-state index contributed by atoms with van der Waals surface area (Å²) < 4.78 is 5.48. The molecule has 0 saturated heterocycles. The Morgan fingerprint density at radius 2 is 1.90 bits per heavy atom. The second-order valence-electron chi connectivity index (χ2n) is 10.5. The minimum Gasteiger partial charge on any atom is -0.465 e.